The highest BCUT2D eigenvalue weighted by Gasteiger charge is 2.35. The van der Waals surface area contributed by atoms with Crippen LogP contribution in [0.5, 0.6) is 5.75 Å². The van der Waals surface area contributed by atoms with Crippen LogP contribution in [0.25, 0.3) is 0 Å². The summed E-state index contributed by atoms with van der Waals surface area (Å²) in [7, 11) is -1.97. The highest BCUT2D eigenvalue weighted by molar-refractivity contribution is 7.89. The van der Waals surface area contributed by atoms with Gasteiger partial charge in [0.2, 0.25) is 15.9 Å². The quantitative estimate of drug-likeness (QED) is 0.787. The average molecular weight is 395 g/mol. The van der Waals surface area contributed by atoms with Crippen molar-refractivity contribution in [2.45, 2.75) is 38.0 Å². The molecule has 2 heterocycles. The molecule has 0 spiro atoms. The second-order valence-electron chi connectivity index (χ2n) is 8.04. The third kappa shape index (κ3) is 4.46. The third-order valence-corrected chi connectivity index (χ3v) is 7.59. The predicted molar refractivity (Wildman–Crippen MR) is 104 cm³/mol. The van der Waals surface area contributed by atoms with Gasteiger partial charge in [0.15, 0.2) is 0 Å². The van der Waals surface area contributed by atoms with E-state index in [1.54, 1.807) is 31.4 Å². The molecule has 2 atom stereocenters. The first-order chi connectivity index (χ1) is 12.8. The summed E-state index contributed by atoms with van der Waals surface area (Å²) < 4.78 is 32.3. The summed E-state index contributed by atoms with van der Waals surface area (Å²) in [4.78, 5) is 15.2. The highest BCUT2D eigenvalue weighted by atomic mass is 32.2. The molecule has 3 rings (SSSR count). The van der Waals surface area contributed by atoms with Crippen LogP contribution < -0.4 is 4.74 Å². The Labute approximate surface area is 162 Å². The zero-order chi connectivity index (χ0) is 19.6. The minimum Gasteiger partial charge on any atom is -0.497 e. The van der Waals surface area contributed by atoms with Gasteiger partial charge >= 0.3 is 0 Å². The van der Waals surface area contributed by atoms with Crippen LogP contribution >= 0.6 is 0 Å². The molecule has 2 aliphatic heterocycles. The van der Waals surface area contributed by atoms with Crippen molar-refractivity contribution in [2.24, 2.45) is 17.8 Å². The SMILES string of the molecule is COc1ccc(S(=O)(=O)N2CCC(C(=O)N3C[C@@H](C)C[C@H](C)C3)CC2)cc1. The lowest BCUT2D eigenvalue weighted by Gasteiger charge is -2.39. The van der Waals surface area contributed by atoms with Crippen molar-refractivity contribution in [1.29, 1.82) is 0 Å². The van der Waals surface area contributed by atoms with Crippen LogP contribution in [-0.2, 0) is 14.8 Å². The predicted octanol–water partition coefficient (Wildman–Crippen LogP) is 2.60. The van der Waals surface area contributed by atoms with Gasteiger partial charge in [-0.3, -0.25) is 4.79 Å². The number of methoxy groups -OCH3 is 1. The van der Waals surface area contributed by atoms with Crippen molar-refractivity contribution >= 4 is 15.9 Å². The molecule has 1 aromatic rings. The Morgan fingerprint density at radius 3 is 2.11 bits per heavy atom. The topological polar surface area (TPSA) is 66.9 Å². The number of hydrogen-bond acceptors (Lipinski definition) is 4. The van der Waals surface area contributed by atoms with Gasteiger partial charge in [0.05, 0.1) is 12.0 Å². The van der Waals surface area contributed by atoms with Crippen molar-refractivity contribution in [3.05, 3.63) is 24.3 Å². The number of ether oxygens (including phenoxy) is 1. The number of benzene rings is 1. The Bertz CT molecular complexity index is 745. The largest absolute Gasteiger partial charge is 0.497 e. The van der Waals surface area contributed by atoms with Gasteiger partial charge in [-0.15, -0.1) is 0 Å². The smallest absolute Gasteiger partial charge is 0.243 e. The van der Waals surface area contributed by atoms with Crippen molar-refractivity contribution in [2.75, 3.05) is 33.3 Å². The molecule has 2 saturated heterocycles. The summed E-state index contributed by atoms with van der Waals surface area (Å²) in [5, 5.41) is 0. The minimum absolute atomic E-state index is 0.0650. The van der Waals surface area contributed by atoms with E-state index in [0.29, 0.717) is 43.5 Å². The molecule has 0 unspecified atom stereocenters. The molecule has 150 valence electrons. The fraction of sp³-hybridized carbons (Fsp3) is 0.650. The number of carbonyl (C=O) groups is 1. The molecule has 0 aliphatic carbocycles. The van der Waals surface area contributed by atoms with E-state index in [9.17, 15) is 13.2 Å². The molecular weight excluding hydrogens is 364 g/mol. The summed E-state index contributed by atoms with van der Waals surface area (Å²) in [6.45, 7) is 6.83. The van der Waals surface area contributed by atoms with Gasteiger partial charge < -0.3 is 9.64 Å². The van der Waals surface area contributed by atoms with E-state index >= 15 is 0 Å². The monoisotopic (exact) mass is 394 g/mol. The molecule has 1 amide bonds. The van der Waals surface area contributed by atoms with Crippen LogP contribution in [0.2, 0.25) is 0 Å². The van der Waals surface area contributed by atoms with E-state index in [-0.39, 0.29) is 16.7 Å². The van der Waals surface area contributed by atoms with Gasteiger partial charge in [-0.1, -0.05) is 13.8 Å². The van der Waals surface area contributed by atoms with E-state index < -0.39 is 10.0 Å². The van der Waals surface area contributed by atoms with Gasteiger partial charge in [-0.2, -0.15) is 4.31 Å². The second-order valence-corrected chi connectivity index (χ2v) is 9.98. The van der Waals surface area contributed by atoms with E-state index in [1.165, 1.54) is 10.7 Å². The summed E-state index contributed by atoms with van der Waals surface area (Å²) in [6, 6.07) is 6.45. The number of amides is 1. The number of nitrogens with zero attached hydrogens (tertiary/aromatic N) is 2. The molecule has 6 nitrogen and oxygen atoms in total. The van der Waals surface area contributed by atoms with Gasteiger partial charge in [-0.05, 0) is 55.4 Å². The molecule has 2 aliphatic rings. The summed E-state index contributed by atoms with van der Waals surface area (Å²) in [5.41, 5.74) is 0. The molecule has 0 aromatic heterocycles. The lowest BCUT2D eigenvalue weighted by atomic mass is 9.89. The molecule has 2 fully saturated rings. The molecule has 1 aromatic carbocycles. The Morgan fingerprint density at radius 1 is 1.04 bits per heavy atom. The molecule has 0 N–H and O–H groups in total. The average Bonchev–Trinajstić information content (AvgIpc) is 2.67. The molecule has 7 heteroatoms. The molecule has 0 radical (unpaired) electrons. The number of hydrogen-bond donors (Lipinski definition) is 0. The van der Waals surface area contributed by atoms with E-state index in [4.69, 9.17) is 4.74 Å². The Morgan fingerprint density at radius 2 is 1.59 bits per heavy atom. The standard InChI is InChI=1S/C20H30N2O4S/c1-15-12-16(2)14-21(13-15)20(23)17-8-10-22(11-9-17)27(24,25)19-6-4-18(26-3)5-7-19/h4-7,15-17H,8-14H2,1-3H3/t15-,16-/m0/s1. The summed E-state index contributed by atoms with van der Waals surface area (Å²) in [5.74, 6) is 1.84. The maximum absolute atomic E-state index is 12.9. The summed E-state index contributed by atoms with van der Waals surface area (Å²) in [6.07, 6.45) is 2.35. The Kier molecular flexibility index (Phi) is 6.11. The minimum atomic E-state index is -3.53. The Hall–Kier alpha value is -1.60. The van der Waals surface area contributed by atoms with Crippen LogP contribution in [0.3, 0.4) is 0 Å². The van der Waals surface area contributed by atoms with Gasteiger partial charge in [0.1, 0.15) is 5.75 Å². The molecule has 0 bridgehead atoms. The fourth-order valence-electron chi connectivity index (χ4n) is 4.34. The first-order valence-corrected chi connectivity index (χ1v) is 11.2. The van der Waals surface area contributed by atoms with Crippen LogP contribution in [-0.4, -0.2) is 56.8 Å². The number of piperidine rings is 2. The van der Waals surface area contributed by atoms with Crippen molar-refractivity contribution in [3.63, 3.8) is 0 Å². The Balaban J connectivity index is 1.61. The molecule has 27 heavy (non-hydrogen) atoms. The number of likely N-dealkylation sites (tertiary alicyclic amines) is 1. The van der Waals surface area contributed by atoms with Crippen LogP contribution in [0, 0.1) is 17.8 Å². The number of carbonyl (C=O) groups excluding carboxylic acids is 1. The van der Waals surface area contributed by atoms with Crippen LogP contribution in [0.1, 0.15) is 33.1 Å². The number of rotatable bonds is 4. The molecular formula is C20H30N2O4S. The van der Waals surface area contributed by atoms with Gasteiger partial charge in [-0.25, -0.2) is 8.42 Å². The van der Waals surface area contributed by atoms with E-state index in [2.05, 4.69) is 13.8 Å². The lowest BCUT2D eigenvalue weighted by molar-refractivity contribution is -0.139. The van der Waals surface area contributed by atoms with E-state index in [0.717, 1.165) is 13.1 Å². The first-order valence-electron chi connectivity index (χ1n) is 9.74. The highest BCUT2D eigenvalue weighted by Crippen LogP contribution is 2.28. The molecule has 0 saturated carbocycles. The maximum Gasteiger partial charge on any atom is 0.243 e. The summed E-state index contributed by atoms with van der Waals surface area (Å²) >= 11 is 0. The van der Waals surface area contributed by atoms with Gasteiger partial charge in [0.25, 0.3) is 0 Å². The second kappa shape index (κ2) is 8.19. The zero-order valence-corrected chi connectivity index (χ0v) is 17.2. The van der Waals surface area contributed by atoms with Crippen molar-refractivity contribution < 1.29 is 17.9 Å². The van der Waals surface area contributed by atoms with E-state index in [1.807, 2.05) is 4.90 Å². The van der Waals surface area contributed by atoms with Crippen molar-refractivity contribution in [1.82, 2.24) is 9.21 Å². The van der Waals surface area contributed by atoms with Gasteiger partial charge in [0, 0.05) is 32.1 Å². The van der Waals surface area contributed by atoms with Crippen molar-refractivity contribution in [3.8, 4) is 5.75 Å². The maximum atomic E-state index is 12.9. The normalized spacial score (nSPS) is 25.4. The number of sulfonamides is 1. The fourth-order valence-corrected chi connectivity index (χ4v) is 5.81. The van der Waals surface area contributed by atoms with Crippen LogP contribution in [0.15, 0.2) is 29.2 Å². The third-order valence-electron chi connectivity index (χ3n) is 5.68. The zero-order valence-electron chi connectivity index (χ0n) is 16.4. The first kappa shape index (κ1) is 20.1. The lowest BCUT2D eigenvalue weighted by Crippen LogP contribution is -2.48. The van der Waals surface area contributed by atoms with Crippen LogP contribution in [0.4, 0.5) is 0 Å².